The molecule has 1 fully saturated rings. The van der Waals surface area contributed by atoms with Gasteiger partial charge in [-0.1, -0.05) is 46.3 Å². The maximum absolute atomic E-state index is 14.7. The Labute approximate surface area is 167 Å². The molecule has 4 rings (SSSR count). The van der Waals surface area contributed by atoms with E-state index in [1.807, 2.05) is 62.2 Å². The third-order valence-electron chi connectivity index (χ3n) is 6.19. The molecule has 0 unspecified atom stereocenters. The van der Waals surface area contributed by atoms with Gasteiger partial charge in [0, 0.05) is 11.5 Å². The maximum atomic E-state index is 14.7. The Morgan fingerprint density at radius 1 is 1.19 bits per heavy atom. The SMILES string of the molecule is CN1C(=O)[C@@]2(Oc3c(F)cc(Br)cc3C[C@@H]2c2ccccc2)N(C)C1(C)C. The molecule has 1 amide bonds. The van der Waals surface area contributed by atoms with E-state index in [9.17, 15) is 9.18 Å². The highest BCUT2D eigenvalue weighted by Gasteiger charge is 2.66. The Morgan fingerprint density at radius 2 is 1.85 bits per heavy atom. The van der Waals surface area contributed by atoms with Crippen LogP contribution in [0, 0.1) is 5.82 Å². The van der Waals surface area contributed by atoms with Crippen LogP contribution < -0.4 is 4.74 Å². The lowest BCUT2D eigenvalue weighted by atomic mass is 9.79. The van der Waals surface area contributed by atoms with Crippen molar-refractivity contribution in [2.24, 2.45) is 0 Å². The molecular weight excluding hydrogens is 411 g/mol. The lowest BCUT2D eigenvalue weighted by Gasteiger charge is -2.46. The van der Waals surface area contributed by atoms with Gasteiger partial charge < -0.3 is 9.64 Å². The van der Waals surface area contributed by atoms with Crippen LogP contribution in [0.5, 0.6) is 5.75 Å². The summed E-state index contributed by atoms with van der Waals surface area (Å²) in [4.78, 5) is 17.1. The molecule has 2 aromatic rings. The maximum Gasteiger partial charge on any atom is 0.284 e. The molecule has 142 valence electrons. The zero-order valence-corrected chi connectivity index (χ0v) is 17.4. The first-order valence-corrected chi connectivity index (χ1v) is 9.73. The number of hydrogen-bond donors (Lipinski definition) is 0. The van der Waals surface area contributed by atoms with E-state index in [2.05, 4.69) is 15.9 Å². The van der Waals surface area contributed by atoms with Crippen molar-refractivity contribution in [1.82, 2.24) is 9.80 Å². The standard InChI is InChI=1S/C21H22BrFN2O2/c1-20(2)24(3)19(26)21(25(20)4)16(13-8-6-5-7-9-13)11-14-10-15(22)12-17(23)18(14)27-21/h5-10,12,16H,11H2,1-4H3/t16-,21-/m1/s1. The number of amides is 1. The van der Waals surface area contributed by atoms with Crippen LogP contribution in [0.15, 0.2) is 46.9 Å². The zero-order chi connectivity index (χ0) is 19.6. The van der Waals surface area contributed by atoms with Crippen LogP contribution >= 0.6 is 15.9 Å². The van der Waals surface area contributed by atoms with E-state index in [0.29, 0.717) is 10.9 Å². The molecule has 27 heavy (non-hydrogen) atoms. The molecule has 2 aromatic carbocycles. The second-order valence-electron chi connectivity index (χ2n) is 7.76. The quantitative estimate of drug-likeness (QED) is 0.678. The molecule has 0 bridgehead atoms. The molecule has 2 atom stereocenters. The number of fused-ring (bicyclic) bond motifs is 1. The van der Waals surface area contributed by atoms with Crippen LogP contribution in [0.4, 0.5) is 4.39 Å². The number of halogens is 2. The molecule has 1 spiro atoms. The topological polar surface area (TPSA) is 32.8 Å². The van der Waals surface area contributed by atoms with Gasteiger partial charge in [0.15, 0.2) is 11.6 Å². The Hall–Kier alpha value is -1.92. The zero-order valence-electron chi connectivity index (χ0n) is 15.8. The third-order valence-corrected chi connectivity index (χ3v) is 6.65. The Kier molecular flexibility index (Phi) is 4.13. The summed E-state index contributed by atoms with van der Waals surface area (Å²) in [5.74, 6) is -0.714. The summed E-state index contributed by atoms with van der Waals surface area (Å²) in [6, 6.07) is 13.1. The second-order valence-corrected chi connectivity index (χ2v) is 8.68. The second kappa shape index (κ2) is 6.04. The fraction of sp³-hybridized carbons (Fsp3) is 0.381. The van der Waals surface area contributed by atoms with E-state index in [-0.39, 0.29) is 17.6 Å². The summed E-state index contributed by atoms with van der Waals surface area (Å²) in [7, 11) is 3.64. The van der Waals surface area contributed by atoms with Gasteiger partial charge in [0.1, 0.15) is 0 Å². The van der Waals surface area contributed by atoms with Crippen molar-refractivity contribution in [1.29, 1.82) is 0 Å². The van der Waals surface area contributed by atoms with E-state index >= 15 is 0 Å². The largest absolute Gasteiger partial charge is 0.459 e. The van der Waals surface area contributed by atoms with Crippen LogP contribution in [0.1, 0.15) is 30.9 Å². The molecule has 2 aliphatic heterocycles. The van der Waals surface area contributed by atoms with E-state index in [1.165, 1.54) is 6.07 Å². The summed E-state index contributed by atoms with van der Waals surface area (Å²) in [5, 5.41) is 0. The predicted octanol–water partition coefficient (Wildman–Crippen LogP) is 4.14. The molecule has 2 aliphatic rings. The number of benzene rings is 2. The highest BCUT2D eigenvalue weighted by molar-refractivity contribution is 9.10. The Bertz CT molecular complexity index is 918. The highest BCUT2D eigenvalue weighted by Crippen LogP contribution is 2.51. The van der Waals surface area contributed by atoms with Crippen LogP contribution in [-0.2, 0) is 11.2 Å². The number of ether oxygens (including phenoxy) is 1. The number of nitrogens with zero attached hydrogens (tertiary/aromatic N) is 2. The first kappa shape index (κ1) is 18.4. The number of carbonyl (C=O) groups is 1. The fourth-order valence-corrected chi connectivity index (χ4v) is 4.73. The van der Waals surface area contributed by atoms with Gasteiger partial charge in [-0.15, -0.1) is 0 Å². The fourth-order valence-electron chi connectivity index (χ4n) is 4.25. The molecule has 2 heterocycles. The van der Waals surface area contributed by atoms with Gasteiger partial charge in [-0.25, -0.2) is 9.29 Å². The summed E-state index contributed by atoms with van der Waals surface area (Å²) in [6.07, 6.45) is 0.510. The number of likely N-dealkylation sites (N-methyl/N-ethyl adjacent to an activating group) is 2. The number of rotatable bonds is 1. The lowest BCUT2D eigenvalue weighted by molar-refractivity contribution is -0.153. The van der Waals surface area contributed by atoms with Crippen molar-refractivity contribution in [3.8, 4) is 5.75 Å². The van der Waals surface area contributed by atoms with Gasteiger partial charge in [0.25, 0.3) is 11.6 Å². The molecule has 0 N–H and O–H groups in total. The van der Waals surface area contributed by atoms with Crippen molar-refractivity contribution < 1.29 is 13.9 Å². The van der Waals surface area contributed by atoms with Crippen LogP contribution in [0.25, 0.3) is 0 Å². The molecule has 0 saturated carbocycles. The molecular formula is C21H22BrFN2O2. The predicted molar refractivity (Wildman–Crippen MR) is 105 cm³/mol. The van der Waals surface area contributed by atoms with Gasteiger partial charge in [-0.05, 0) is 50.6 Å². The lowest BCUT2D eigenvalue weighted by Crippen LogP contribution is -2.61. The minimum absolute atomic E-state index is 0.156. The smallest absolute Gasteiger partial charge is 0.284 e. The third kappa shape index (κ3) is 2.46. The van der Waals surface area contributed by atoms with E-state index in [1.54, 1.807) is 11.9 Å². The summed E-state index contributed by atoms with van der Waals surface area (Å²) >= 11 is 3.36. The van der Waals surface area contributed by atoms with Crippen LogP contribution in [-0.4, -0.2) is 41.2 Å². The minimum atomic E-state index is -1.29. The summed E-state index contributed by atoms with van der Waals surface area (Å²) in [5.41, 5.74) is -0.0981. The van der Waals surface area contributed by atoms with E-state index in [4.69, 9.17) is 4.74 Å². The van der Waals surface area contributed by atoms with Crippen molar-refractivity contribution in [3.63, 3.8) is 0 Å². The van der Waals surface area contributed by atoms with Crippen LogP contribution in [0.2, 0.25) is 0 Å². The molecule has 4 nitrogen and oxygen atoms in total. The van der Waals surface area contributed by atoms with E-state index < -0.39 is 17.2 Å². The number of carbonyl (C=O) groups excluding carboxylic acids is 1. The molecule has 0 radical (unpaired) electrons. The average molecular weight is 433 g/mol. The van der Waals surface area contributed by atoms with Gasteiger partial charge in [0.2, 0.25) is 0 Å². The normalized spacial score (nSPS) is 27.0. The molecule has 0 aliphatic carbocycles. The van der Waals surface area contributed by atoms with Crippen molar-refractivity contribution >= 4 is 21.8 Å². The number of hydrogen-bond acceptors (Lipinski definition) is 3. The van der Waals surface area contributed by atoms with Gasteiger partial charge in [-0.3, -0.25) is 4.79 Å². The first-order valence-electron chi connectivity index (χ1n) is 8.93. The molecule has 0 aromatic heterocycles. The van der Waals surface area contributed by atoms with E-state index in [0.717, 1.165) is 11.1 Å². The summed E-state index contributed by atoms with van der Waals surface area (Å²) in [6.45, 7) is 3.94. The van der Waals surface area contributed by atoms with Gasteiger partial charge in [-0.2, -0.15) is 0 Å². The van der Waals surface area contributed by atoms with Gasteiger partial charge in [0.05, 0.1) is 11.6 Å². The monoisotopic (exact) mass is 432 g/mol. The van der Waals surface area contributed by atoms with Crippen molar-refractivity contribution in [3.05, 3.63) is 63.9 Å². The highest BCUT2D eigenvalue weighted by atomic mass is 79.9. The molecule has 6 heteroatoms. The molecule has 1 saturated heterocycles. The van der Waals surface area contributed by atoms with Gasteiger partial charge >= 0.3 is 0 Å². The Morgan fingerprint density at radius 3 is 2.44 bits per heavy atom. The average Bonchev–Trinajstić information content (AvgIpc) is 2.76. The van der Waals surface area contributed by atoms with Crippen LogP contribution in [0.3, 0.4) is 0 Å². The minimum Gasteiger partial charge on any atom is -0.459 e. The first-order chi connectivity index (χ1) is 12.7. The summed E-state index contributed by atoms with van der Waals surface area (Å²) < 4.78 is 21.7. The van der Waals surface area contributed by atoms with Crippen molar-refractivity contribution in [2.45, 2.75) is 37.6 Å². The Balaban J connectivity index is 1.96. The van der Waals surface area contributed by atoms with Crippen molar-refractivity contribution in [2.75, 3.05) is 14.1 Å².